The molecule has 0 fully saturated rings. The summed E-state index contributed by atoms with van der Waals surface area (Å²) >= 11 is 0. The van der Waals surface area contributed by atoms with Crippen molar-refractivity contribution in [3.8, 4) is 0 Å². The van der Waals surface area contributed by atoms with Crippen molar-refractivity contribution in [3.63, 3.8) is 0 Å². The molecule has 0 atom stereocenters. The predicted octanol–water partition coefficient (Wildman–Crippen LogP) is 2.07. The van der Waals surface area contributed by atoms with E-state index < -0.39 is 11.7 Å². The molecule has 98 valence electrons. The Labute approximate surface area is 109 Å². The van der Waals surface area contributed by atoms with E-state index in [1.165, 1.54) is 24.5 Å². The second kappa shape index (κ2) is 5.45. The van der Waals surface area contributed by atoms with Crippen LogP contribution in [0.5, 0.6) is 0 Å². The van der Waals surface area contributed by atoms with E-state index in [0.717, 1.165) is 5.56 Å². The first-order valence-corrected chi connectivity index (χ1v) is 5.60. The van der Waals surface area contributed by atoms with Gasteiger partial charge in [0, 0.05) is 12.4 Å². The molecule has 6 heteroatoms. The number of anilines is 2. The molecule has 1 amide bonds. The van der Waals surface area contributed by atoms with Crippen LogP contribution in [0.3, 0.4) is 0 Å². The van der Waals surface area contributed by atoms with Gasteiger partial charge in [0.2, 0.25) is 0 Å². The highest BCUT2D eigenvalue weighted by Gasteiger charge is 2.13. The van der Waals surface area contributed by atoms with Gasteiger partial charge in [-0.15, -0.1) is 0 Å². The van der Waals surface area contributed by atoms with Crippen molar-refractivity contribution in [2.75, 3.05) is 10.7 Å². The maximum Gasteiger partial charge on any atom is 0.259 e. The Hall–Kier alpha value is -2.47. The molecule has 0 bridgehead atoms. The van der Waals surface area contributed by atoms with Gasteiger partial charge in [-0.2, -0.15) is 0 Å². The number of hydrogen-bond donors (Lipinski definition) is 3. The number of pyridine rings is 1. The monoisotopic (exact) mass is 260 g/mol. The molecule has 1 aromatic heterocycles. The second-order valence-corrected chi connectivity index (χ2v) is 4.00. The van der Waals surface area contributed by atoms with E-state index >= 15 is 0 Å². The van der Waals surface area contributed by atoms with Crippen molar-refractivity contribution in [2.24, 2.45) is 5.84 Å². The van der Waals surface area contributed by atoms with E-state index in [9.17, 15) is 9.18 Å². The van der Waals surface area contributed by atoms with Crippen molar-refractivity contribution in [3.05, 3.63) is 53.6 Å². The van der Waals surface area contributed by atoms with Crippen LogP contribution in [0.15, 0.2) is 36.7 Å². The fraction of sp³-hybridized carbons (Fsp3) is 0.0769. The first-order valence-electron chi connectivity index (χ1n) is 5.60. The fourth-order valence-electron chi connectivity index (χ4n) is 1.61. The Morgan fingerprint density at radius 1 is 1.32 bits per heavy atom. The van der Waals surface area contributed by atoms with Crippen molar-refractivity contribution in [2.45, 2.75) is 6.92 Å². The number of carbonyl (C=O) groups excluding carboxylic acids is 1. The summed E-state index contributed by atoms with van der Waals surface area (Å²) in [5.41, 5.74) is 3.94. The lowest BCUT2D eigenvalue weighted by molar-refractivity contribution is 0.102. The average molecular weight is 260 g/mol. The number of hydrazine groups is 1. The van der Waals surface area contributed by atoms with Gasteiger partial charge in [-0.05, 0) is 30.7 Å². The molecule has 19 heavy (non-hydrogen) atoms. The zero-order valence-electron chi connectivity index (χ0n) is 10.3. The van der Waals surface area contributed by atoms with Crippen LogP contribution in [0.2, 0.25) is 0 Å². The summed E-state index contributed by atoms with van der Waals surface area (Å²) in [7, 11) is 0. The van der Waals surface area contributed by atoms with Crippen molar-refractivity contribution in [1.29, 1.82) is 0 Å². The van der Waals surface area contributed by atoms with Crippen LogP contribution in [0.1, 0.15) is 15.9 Å². The quantitative estimate of drug-likeness (QED) is 0.583. The molecule has 0 saturated carbocycles. The van der Waals surface area contributed by atoms with E-state index in [0.29, 0.717) is 5.69 Å². The van der Waals surface area contributed by atoms with E-state index in [-0.39, 0.29) is 11.3 Å². The molecule has 1 heterocycles. The van der Waals surface area contributed by atoms with Gasteiger partial charge < -0.3 is 10.7 Å². The van der Waals surface area contributed by atoms with Gasteiger partial charge in [-0.1, -0.05) is 6.07 Å². The molecule has 0 aliphatic heterocycles. The summed E-state index contributed by atoms with van der Waals surface area (Å²) in [6.07, 6.45) is 2.86. The number of benzene rings is 1. The lowest BCUT2D eigenvalue weighted by Gasteiger charge is -2.09. The summed E-state index contributed by atoms with van der Waals surface area (Å²) in [5.74, 6) is 4.33. The third-order valence-corrected chi connectivity index (χ3v) is 2.59. The number of nitrogens with two attached hydrogens (primary N) is 1. The van der Waals surface area contributed by atoms with Gasteiger partial charge in [0.25, 0.3) is 5.91 Å². The molecule has 0 unspecified atom stereocenters. The van der Waals surface area contributed by atoms with Crippen molar-refractivity contribution < 1.29 is 9.18 Å². The molecule has 0 radical (unpaired) electrons. The number of nitrogen functional groups attached to an aromatic ring is 1. The van der Waals surface area contributed by atoms with E-state index in [1.54, 1.807) is 19.1 Å². The first kappa shape index (κ1) is 13.0. The number of carbonyl (C=O) groups is 1. The molecule has 0 saturated heterocycles. The summed E-state index contributed by atoms with van der Waals surface area (Å²) in [4.78, 5) is 15.9. The Kier molecular flexibility index (Phi) is 3.72. The highest BCUT2D eigenvalue weighted by Crippen LogP contribution is 2.18. The second-order valence-electron chi connectivity index (χ2n) is 4.00. The van der Waals surface area contributed by atoms with Crippen LogP contribution in [0.25, 0.3) is 0 Å². The lowest BCUT2D eigenvalue weighted by Crippen LogP contribution is -2.18. The molecule has 1 aromatic carbocycles. The highest BCUT2D eigenvalue weighted by molar-refractivity contribution is 6.07. The highest BCUT2D eigenvalue weighted by atomic mass is 19.1. The number of aromatic nitrogens is 1. The summed E-state index contributed by atoms with van der Waals surface area (Å²) in [6.45, 7) is 1.77. The third kappa shape index (κ3) is 2.86. The molecule has 0 spiro atoms. The SMILES string of the molecule is Cc1ccc(NC(=O)c2cnccc2NN)c(F)c1. The van der Waals surface area contributed by atoms with Crippen molar-refractivity contribution in [1.82, 2.24) is 4.98 Å². The van der Waals surface area contributed by atoms with E-state index in [1.807, 2.05) is 0 Å². The maximum absolute atomic E-state index is 13.6. The Bertz CT molecular complexity index is 615. The molecular formula is C13H13FN4O. The normalized spacial score (nSPS) is 10.1. The molecule has 4 N–H and O–H groups in total. The van der Waals surface area contributed by atoms with Crippen LogP contribution in [-0.4, -0.2) is 10.9 Å². The van der Waals surface area contributed by atoms with Gasteiger partial charge in [-0.3, -0.25) is 15.6 Å². The van der Waals surface area contributed by atoms with E-state index in [2.05, 4.69) is 15.7 Å². The number of nitrogens with zero attached hydrogens (tertiary/aromatic N) is 1. The van der Waals surface area contributed by atoms with Gasteiger partial charge in [-0.25, -0.2) is 4.39 Å². The van der Waals surface area contributed by atoms with Crippen LogP contribution < -0.4 is 16.6 Å². The zero-order chi connectivity index (χ0) is 13.8. The molecule has 2 aromatic rings. The summed E-state index contributed by atoms with van der Waals surface area (Å²) < 4.78 is 13.6. The van der Waals surface area contributed by atoms with E-state index in [4.69, 9.17) is 5.84 Å². The van der Waals surface area contributed by atoms with Gasteiger partial charge in [0.05, 0.1) is 16.9 Å². The van der Waals surface area contributed by atoms with Gasteiger partial charge in [0.1, 0.15) is 5.82 Å². The predicted molar refractivity (Wildman–Crippen MR) is 71.1 cm³/mol. The minimum atomic E-state index is -0.487. The number of nitrogens with one attached hydrogen (secondary N) is 2. The third-order valence-electron chi connectivity index (χ3n) is 2.59. The van der Waals surface area contributed by atoms with Gasteiger partial charge in [0.15, 0.2) is 0 Å². The number of rotatable bonds is 3. The molecule has 0 aliphatic carbocycles. The van der Waals surface area contributed by atoms with Crippen LogP contribution >= 0.6 is 0 Å². The lowest BCUT2D eigenvalue weighted by atomic mass is 10.2. The van der Waals surface area contributed by atoms with Crippen LogP contribution in [-0.2, 0) is 0 Å². The Morgan fingerprint density at radius 2 is 2.11 bits per heavy atom. The number of amides is 1. The average Bonchev–Trinajstić information content (AvgIpc) is 2.41. The first-order chi connectivity index (χ1) is 9.11. The fourth-order valence-corrected chi connectivity index (χ4v) is 1.61. The largest absolute Gasteiger partial charge is 0.323 e. The van der Waals surface area contributed by atoms with Gasteiger partial charge >= 0.3 is 0 Å². The van der Waals surface area contributed by atoms with Crippen LogP contribution in [0, 0.1) is 12.7 Å². The topological polar surface area (TPSA) is 80.0 Å². The maximum atomic E-state index is 13.6. The smallest absolute Gasteiger partial charge is 0.259 e. The number of aryl methyl sites for hydroxylation is 1. The minimum absolute atomic E-state index is 0.113. The molecule has 0 aliphatic rings. The standard InChI is InChI=1S/C13H13FN4O/c1-8-2-3-12(10(14)6-8)17-13(19)9-7-16-5-4-11(9)18-15/h2-7H,15H2,1H3,(H,16,18)(H,17,19). The minimum Gasteiger partial charge on any atom is -0.323 e. The molecule has 5 nitrogen and oxygen atoms in total. The van der Waals surface area contributed by atoms with Crippen LogP contribution in [0.4, 0.5) is 15.8 Å². The Balaban J connectivity index is 2.26. The molecule has 2 rings (SSSR count). The zero-order valence-corrected chi connectivity index (χ0v) is 10.3. The number of hydrogen-bond acceptors (Lipinski definition) is 4. The van der Waals surface area contributed by atoms with Crippen molar-refractivity contribution >= 4 is 17.3 Å². The summed E-state index contributed by atoms with van der Waals surface area (Å²) in [5, 5.41) is 2.48. The number of halogens is 1. The molecular weight excluding hydrogens is 247 g/mol. The Morgan fingerprint density at radius 3 is 2.79 bits per heavy atom. The summed E-state index contributed by atoms with van der Waals surface area (Å²) in [6, 6.07) is 6.12.